The van der Waals surface area contributed by atoms with Crippen molar-refractivity contribution in [2.45, 2.75) is 52.1 Å². The van der Waals surface area contributed by atoms with Crippen LogP contribution >= 0.6 is 0 Å². The van der Waals surface area contributed by atoms with Crippen molar-refractivity contribution in [3.8, 4) is 0 Å². The SMILES string of the molecule is CCC1=C(CC)CC(O)CC1. The predicted octanol–water partition coefficient (Wildman–Crippen LogP) is 2.65. The summed E-state index contributed by atoms with van der Waals surface area (Å²) in [6.45, 7) is 4.39. The van der Waals surface area contributed by atoms with Crippen LogP contribution in [0.25, 0.3) is 0 Å². The van der Waals surface area contributed by atoms with Gasteiger partial charge in [0, 0.05) is 0 Å². The van der Waals surface area contributed by atoms with Crippen LogP contribution in [0.15, 0.2) is 11.1 Å². The number of allylic oxidation sites excluding steroid dienone is 1. The van der Waals surface area contributed by atoms with Crippen molar-refractivity contribution in [2.24, 2.45) is 0 Å². The van der Waals surface area contributed by atoms with E-state index >= 15 is 0 Å². The number of aliphatic hydroxyl groups excluding tert-OH is 1. The van der Waals surface area contributed by atoms with E-state index in [0.717, 1.165) is 25.7 Å². The first-order valence-corrected chi connectivity index (χ1v) is 4.65. The summed E-state index contributed by atoms with van der Waals surface area (Å²) in [5, 5.41) is 9.39. The molecule has 1 atom stereocenters. The predicted molar refractivity (Wildman–Crippen MR) is 47.5 cm³/mol. The molecule has 1 aliphatic rings. The van der Waals surface area contributed by atoms with E-state index < -0.39 is 0 Å². The topological polar surface area (TPSA) is 20.2 Å². The Bertz CT molecular complexity index is 158. The summed E-state index contributed by atoms with van der Waals surface area (Å²) in [4.78, 5) is 0. The van der Waals surface area contributed by atoms with Crippen LogP contribution in [0, 0.1) is 0 Å². The molecule has 0 bridgehead atoms. The first-order valence-electron chi connectivity index (χ1n) is 4.65. The highest BCUT2D eigenvalue weighted by Gasteiger charge is 2.16. The lowest BCUT2D eigenvalue weighted by Gasteiger charge is -2.22. The van der Waals surface area contributed by atoms with Crippen molar-refractivity contribution >= 4 is 0 Å². The highest BCUT2D eigenvalue weighted by molar-refractivity contribution is 5.17. The normalized spacial score (nSPS) is 25.9. The van der Waals surface area contributed by atoms with Crippen molar-refractivity contribution in [3.05, 3.63) is 11.1 Å². The molecule has 1 aliphatic carbocycles. The molecular weight excluding hydrogens is 136 g/mol. The maximum absolute atomic E-state index is 9.39. The summed E-state index contributed by atoms with van der Waals surface area (Å²) >= 11 is 0. The van der Waals surface area contributed by atoms with Crippen molar-refractivity contribution in [1.82, 2.24) is 0 Å². The zero-order valence-electron chi connectivity index (χ0n) is 7.56. The maximum atomic E-state index is 9.39. The third kappa shape index (κ3) is 2.06. The summed E-state index contributed by atoms with van der Waals surface area (Å²) < 4.78 is 0. The Kier molecular flexibility index (Phi) is 3.13. The van der Waals surface area contributed by atoms with E-state index in [4.69, 9.17) is 0 Å². The standard InChI is InChI=1S/C10H18O/c1-3-8-5-6-10(11)7-9(8)4-2/h10-11H,3-7H2,1-2H3. The quantitative estimate of drug-likeness (QED) is 0.606. The Morgan fingerprint density at radius 3 is 2.45 bits per heavy atom. The molecule has 0 fully saturated rings. The fourth-order valence-corrected chi connectivity index (χ4v) is 1.87. The molecule has 0 radical (unpaired) electrons. The van der Waals surface area contributed by atoms with Crippen molar-refractivity contribution in [2.75, 3.05) is 0 Å². The lowest BCUT2D eigenvalue weighted by atomic mass is 9.87. The average molecular weight is 154 g/mol. The van der Waals surface area contributed by atoms with Gasteiger partial charge < -0.3 is 5.11 Å². The van der Waals surface area contributed by atoms with E-state index in [1.807, 2.05) is 0 Å². The van der Waals surface area contributed by atoms with Crippen LogP contribution in [-0.2, 0) is 0 Å². The van der Waals surface area contributed by atoms with Crippen molar-refractivity contribution in [1.29, 1.82) is 0 Å². The van der Waals surface area contributed by atoms with E-state index in [9.17, 15) is 5.11 Å². The lowest BCUT2D eigenvalue weighted by Crippen LogP contribution is -2.14. The number of aliphatic hydroxyl groups is 1. The monoisotopic (exact) mass is 154 g/mol. The Morgan fingerprint density at radius 2 is 1.91 bits per heavy atom. The molecule has 0 aromatic heterocycles. The van der Waals surface area contributed by atoms with Crippen LogP contribution in [0.2, 0.25) is 0 Å². The molecule has 0 heterocycles. The smallest absolute Gasteiger partial charge is 0.0580 e. The number of rotatable bonds is 2. The van der Waals surface area contributed by atoms with Gasteiger partial charge in [-0.15, -0.1) is 0 Å². The highest BCUT2D eigenvalue weighted by Crippen LogP contribution is 2.28. The molecular formula is C10H18O. The van der Waals surface area contributed by atoms with Crippen LogP contribution in [0.1, 0.15) is 46.0 Å². The van der Waals surface area contributed by atoms with Gasteiger partial charge in [0.15, 0.2) is 0 Å². The van der Waals surface area contributed by atoms with Gasteiger partial charge in [-0.25, -0.2) is 0 Å². The van der Waals surface area contributed by atoms with E-state index in [1.165, 1.54) is 12.0 Å². The van der Waals surface area contributed by atoms with Gasteiger partial charge in [0.05, 0.1) is 6.10 Å². The second-order valence-corrected chi connectivity index (χ2v) is 3.31. The zero-order valence-corrected chi connectivity index (χ0v) is 7.56. The molecule has 0 aromatic carbocycles. The first-order chi connectivity index (χ1) is 5.27. The average Bonchev–Trinajstić information content (AvgIpc) is 2.04. The largest absolute Gasteiger partial charge is 0.393 e. The third-order valence-corrected chi connectivity index (χ3v) is 2.61. The molecule has 1 heteroatoms. The molecule has 1 unspecified atom stereocenters. The van der Waals surface area contributed by atoms with E-state index in [2.05, 4.69) is 13.8 Å². The highest BCUT2D eigenvalue weighted by atomic mass is 16.3. The second-order valence-electron chi connectivity index (χ2n) is 3.31. The molecule has 1 N–H and O–H groups in total. The zero-order chi connectivity index (χ0) is 8.27. The van der Waals surface area contributed by atoms with E-state index in [0.29, 0.717) is 0 Å². The minimum Gasteiger partial charge on any atom is -0.393 e. The van der Waals surface area contributed by atoms with Gasteiger partial charge in [-0.1, -0.05) is 25.0 Å². The first kappa shape index (κ1) is 8.79. The van der Waals surface area contributed by atoms with Crippen LogP contribution in [0.5, 0.6) is 0 Å². The molecule has 0 aliphatic heterocycles. The fraction of sp³-hybridized carbons (Fsp3) is 0.800. The van der Waals surface area contributed by atoms with E-state index in [-0.39, 0.29) is 6.10 Å². The van der Waals surface area contributed by atoms with Gasteiger partial charge in [0.25, 0.3) is 0 Å². The lowest BCUT2D eigenvalue weighted by molar-refractivity contribution is 0.156. The van der Waals surface area contributed by atoms with E-state index in [1.54, 1.807) is 5.57 Å². The second kappa shape index (κ2) is 3.91. The van der Waals surface area contributed by atoms with Crippen LogP contribution < -0.4 is 0 Å². The Morgan fingerprint density at radius 1 is 1.27 bits per heavy atom. The molecule has 1 nitrogen and oxygen atoms in total. The summed E-state index contributed by atoms with van der Waals surface area (Å²) in [5.41, 5.74) is 3.10. The molecule has 0 saturated heterocycles. The molecule has 1 rings (SSSR count). The third-order valence-electron chi connectivity index (χ3n) is 2.61. The summed E-state index contributed by atoms with van der Waals surface area (Å²) in [5.74, 6) is 0. The maximum Gasteiger partial charge on any atom is 0.0580 e. The summed E-state index contributed by atoms with van der Waals surface area (Å²) in [7, 11) is 0. The number of hydrogen-bond donors (Lipinski definition) is 1. The van der Waals surface area contributed by atoms with Gasteiger partial charge in [0.1, 0.15) is 0 Å². The molecule has 0 spiro atoms. The molecule has 11 heavy (non-hydrogen) atoms. The molecule has 0 aromatic rings. The summed E-state index contributed by atoms with van der Waals surface area (Å²) in [6, 6.07) is 0. The number of hydrogen-bond acceptors (Lipinski definition) is 1. The van der Waals surface area contributed by atoms with Gasteiger partial charge in [0.2, 0.25) is 0 Å². The van der Waals surface area contributed by atoms with Gasteiger partial charge in [-0.05, 0) is 32.1 Å². The molecule has 0 amide bonds. The fourth-order valence-electron chi connectivity index (χ4n) is 1.87. The minimum atomic E-state index is -0.0553. The van der Waals surface area contributed by atoms with Crippen LogP contribution in [0.4, 0.5) is 0 Å². The molecule has 0 saturated carbocycles. The summed E-state index contributed by atoms with van der Waals surface area (Å²) in [6.07, 6.45) is 5.28. The van der Waals surface area contributed by atoms with Crippen LogP contribution in [-0.4, -0.2) is 11.2 Å². The Labute approximate surface area is 69.1 Å². The van der Waals surface area contributed by atoms with Crippen molar-refractivity contribution in [3.63, 3.8) is 0 Å². The van der Waals surface area contributed by atoms with Crippen molar-refractivity contribution < 1.29 is 5.11 Å². The van der Waals surface area contributed by atoms with Gasteiger partial charge in [-0.2, -0.15) is 0 Å². The van der Waals surface area contributed by atoms with Gasteiger partial charge >= 0.3 is 0 Å². The minimum absolute atomic E-state index is 0.0553. The Hall–Kier alpha value is -0.300. The molecule has 64 valence electrons. The van der Waals surface area contributed by atoms with Crippen LogP contribution in [0.3, 0.4) is 0 Å². The van der Waals surface area contributed by atoms with Gasteiger partial charge in [-0.3, -0.25) is 0 Å². The Balaban J connectivity index is 2.67.